The summed E-state index contributed by atoms with van der Waals surface area (Å²) in [5.74, 6) is 3.43. The van der Waals surface area contributed by atoms with Gasteiger partial charge < -0.3 is 14.3 Å². The van der Waals surface area contributed by atoms with Crippen LogP contribution in [-0.2, 0) is 19.1 Å². The fourth-order valence-electron chi connectivity index (χ4n) is 10.4. The van der Waals surface area contributed by atoms with Crippen LogP contribution in [0, 0.1) is 40.4 Å². The maximum atomic E-state index is 13.2. The Morgan fingerprint density at radius 3 is 2.57 bits per heavy atom. The van der Waals surface area contributed by atoms with Crippen LogP contribution in [0.1, 0.15) is 150 Å². The lowest BCUT2D eigenvalue weighted by Crippen LogP contribution is -2.58. The summed E-state index contributed by atoms with van der Waals surface area (Å²) in [6.45, 7) is 9.41. The second-order valence-corrected chi connectivity index (χ2v) is 15.2. The van der Waals surface area contributed by atoms with Gasteiger partial charge in [0.1, 0.15) is 18.5 Å². The Bertz CT molecular complexity index is 997. The molecule has 9 atom stereocenters. The molecule has 4 heteroatoms. The van der Waals surface area contributed by atoms with Crippen molar-refractivity contribution in [3.8, 4) is 0 Å². The van der Waals surface area contributed by atoms with Crippen molar-refractivity contribution in [1.29, 1.82) is 0 Å². The topological polar surface area (TPSA) is 52.6 Å². The van der Waals surface area contributed by atoms with Crippen LogP contribution >= 0.6 is 0 Å². The Morgan fingerprint density at radius 2 is 1.79 bits per heavy atom. The van der Waals surface area contributed by atoms with E-state index in [0.29, 0.717) is 30.1 Å². The highest BCUT2D eigenvalue weighted by Gasteiger charge is 2.64. The number of unbranched alkanes of at least 4 members (excludes halogenated alkanes) is 6. The Hall–Kier alpha value is -1.58. The van der Waals surface area contributed by atoms with E-state index in [1.54, 1.807) is 0 Å². The van der Waals surface area contributed by atoms with E-state index in [9.17, 15) is 9.59 Å². The summed E-state index contributed by atoms with van der Waals surface area (Å²) in [7, 11) is 0. The van der Waals surface area contributed by atoms with Crippen LogP contribution in [0.25, 0.3) is 0 Å². The summed E-state index contributed by atoms with van der Waals surface area (Å²) in [5, 5.41) is 0. The summed E-state index contributed by atoms with van der Waals surface area (Å²) in [5.41, 5.74) is 1.04. The number of rotatable bonds is 12. The molecule has 0 radical (unpaired) electrons. The fourth-order valence-corrected chi connectivity index (χ4v) is 10.4. The van der Waals surface area contributed by atoms with Gasteiger partial charge in [-0.2, -0.15) is 0 Å². The molecule has 5 rings (SSSR count). The first-order valence-electron chi connectivity index (χ1n) is 18.1. The van der Waals surface area contributed by atoms with Gasteiger partial charge in [0.05, 0.1) is 11.2 Å². The first kappa shape index (κ1) is 31.8. The van der Waals surface area contributed by atoms with Gasteiger partial charge in [0.15, 0.2) is 0 Å². The van der Waals surface area contributed by atoms with Gasteiger partial charge in [-0.3, -0.25) is 4.79 Å². The van der Waals surface area contributed by atoms with Crippen molar-refractivity contribution >= 4 is 12.3 Å². The molecule has 0 amide bonds. The quantitative estimate of drug-likeness (QED) is 0.0997. The Morgan fingerprint density at radius 1 is 1.00 bits per heavy atom. The molecule has 0 N–H and O–H groups in total. The number of fused-ring (bicyclic) bond motifs is 5. The van der Waals surface area contributed by atoms with Gasteiger partial charge in [0.25, 0.3) is 0 Å². The molecule has 0 aliphatic heterocycles. The maximum Gasteiger partial charge on any atom is 0.306 e. The minimum atomic E-state index is -0.359. The van der Waals surface area contributed by atoms with E-state index in [0.717, 1.165) is 64.2 Å². The first-order valence-corrected chi connectivity index (χ1v) is 18.1. The number of ether oxygens (including phenoxy) is 2. The van der Waals surface area contributed by atoms with Crippen LogP contribution in [0.3, 0.4) is 0 Å². The van der Waals surface area contributed by atoms with Gasteiger partial charge in [0.2, 0.25) is 0 Å². The average Bonchev–Trinajstić information content (AvgIpc) is 3.10. The highest BCUT2D eigenvalue weighted by molar-refractivity contribution is 5.70. The zero-order valence-electron chi connectivity index (χ0n) is 27.3. The number of esters is 1. The van der Waals surface area contributed by atoms with Crippen molar-refractivity contribution in [1.82, 2.24) is 0 Å². The van der Waals surface area contributed by atoms with Crippen LogP contribution < -0.4 is 0 Å². The molecule has 0 bridgehead atoms. The van der Waals surface area contributed by atoms with Gasteiger partial charge in [-0.05, 0) is 106 Å². The van der Waals surface area contributed by atoms with E-state index in [-0.39, 0.29) is 34.9 Å². The zero-order valence-corrected chi connectivity index (χ0v) is 27.3. The third kappa shape index (κ3) is 6.30. The van der Waals surface area contributed by atoms with Gasteiger partial charge in [-0.15, -0.1) is 0 Å². The lowest BCUT2D eigenvalue weighted by Gasteiger charge is -2.61. The predicted molar refractivity (Wildman–Crippen MR) is 170 cm³/mol. The third-order valence-corrected chi connectivity index (χ3v) is 12.7. The van der Waals surface area contributed by atoms with Gasteiger partial charge in [-0.1, -0.05) is 78.2 Å². The molecule has 236 valence electrons. The number of hydrogen-bond acceptors (Lipinski definition) is 4. The average molecular weight is 581 g/mol. The molecule has 3 saturated carbocycles. The summed E-state index contributed by atoms with van der Waals surface area (Å²) < 4.78 is 12.9. The first-order chi connectivity index (χ1) is 20.3. The summed E-state index contributed by atoms with van der Waals surface area (Å²) in [4.78, 5) is 26.2. The highest BCUT2D eigenvalue weighted by Crippen LogP contribution is 2.67. The van der Waals surface area contributed by atoms with Crippen LogP contribution in [-0.4, -0.2) is 24.5 Å². The number of allylic oxidation sites excluding steroid dienone is 3. The maximum absolute atomic E-state index is 13.2. The van der Waals surface area contributed by atoms with Crippen molar-refractivity contribution in [2.24, 2.45) is 40.4 Å². The van der Waals surface area contributed by atoms with Crippen molar-refractivity contribution in [3.63, 3.8) is 0 Å². The Kier molecular flexibility index (Phi) is 10.6. The Labute approximate surface area is 256 Å². The van der Waals surface area contributed by atoms with Crippen LogP contribution in [0.15, 0.2) is 23.5 Å². The van der Waals surface area contributed by atoms with Crippen molar-refractivity contribution in [2.75, 3.05) is 0 Å². The molecule has 3 fully saturated rings. The molecule has 4 nitrogen and oxygen atoms in total. The van der Waals surface area contributed by atoms with Crippen molar-refractivity contribution in [2.45, 2.75) is 162 Å². The minimum Gasteiger partial charge on any atom is -0.491 e. The molecule has 42 heavy (non-hydrogen) atoms. The molecule has 0 aromatic carbocycles. The molecule has 5 aliphatic carbocycles. The van der Waals surface area contributed by atoms with Gasteiger partial charge in [-0.25, -0.2) is 0 Å². The minimum absolute atomic E-state index is 0.0135. The molecule has 0 aromatic heterocycles. The van der Waals surface area contributed by atoms with E-state index in [4.69, 9.17) is 9.47 Å². The number of carbonyl (C=O) groups is 2. The molecule has 0 heterocycles. The molecular formula is C38H60O4. The van der Waals surface area contributed by atoms with Crippen molar-refractivity contribution in [3.05, 3.63) is 23.5 Å². The van der Waals surface area contributed by atoms with Gasteiger partial charge in [0, 0.05) is 18.3 Å². The molecular weight excluding hydrogens is 520 g/mol. The number of hydrogen-bond donors (Lipinski definition) is 0. The summed E-state index contributed by atoms with van der Waals surface area (Å²) >= 11 is 0. The normalized spacial score (nSPS) is 39.6. The van der Waals surface area contributed by atoms with Crippen LogP contribution in [0.5, 0.6) is 0 Å². The van der Waals surface area contributed by atoms with Gasteiger partial charge >= 0.3 is 5.97 Å². The standard InChI is InChI=1S/C38H60O4/c1-5-6-7-8-9-10-15-18-35(40)42-34-20-19-32-36-27(2)23-29-25-31(41-30-16-13-11-12-14-17-30)24-28(3)38(29,26-39)33(36)21-22-37(32,34)4/h16,25-28,31-34,36H,5-15,17-24H2,1-4H3/t27?,28?,31?,32-,33+,34?,36-,37-,38-/m0/s1. The zero-order chi connectivity index (χ0) is 29.7. The molecule has 4 unspecified atom stereocenters. The lowest BCUT2D eigenvalue weighted by molar-refractivity contribution is -0.163. The molecule has 0 aromatic rings. The second kappa shape index (κ2) is 14.0. The van der Waals surface area contributed by atoms with E-state index in [1.165, 1.54) is 69.0 Å². The number of carbonyl (C=O) groups excluding carboxylic acids is 2. The summed E-state index contributed by atoms with van der Waals surface area (Å²) in [6.07, 6.45) is 27.4. The van der Waals surface area contributed by atoms with Crippen LogP contribution in [0.4, 0.5) is 0 Å². The fraction of sp³-hybridized carbons (Fsp3) is 0.842. The van der Waals surface area contributed by atoms with E-state index >= 15 is 0 Å². The highest BCUT2D eigenvalue weighted by atomic mass is 16.5. The summed E-state index contributed by atoms with van der Waals surface area (Å²) in [6, 6.07) is 0. The number of aldehydes is 1. The van der Waals surface area contributed by atoms with E-state index < -0.39 is 0 Å². The second-order valence-electron chi connectivity index (χ2n) is 15.2. The monoisotopic (exact) mass is 580 g/mol. The molecule has 5 aliphatic rings. The smallest absolute Gasteiger partial charge is 0.306 e. The molecule has 0 spiro atoms. The SMILES string of the molecule is CCCCCCCCCC(=O)OC1CC[C@H]2[C@@H]3C(C)CC4=CC(OC5=CCCCCC5)CC(C)[C@]4(C=O)[C@@H]3CC[C@]12C. The van der Waals surface area contributed by atoms with E-state index in [1.807, 2.05) is 0 Å². The van der Waals surface area contributed by atoms with Crippen molar-refractivity contribution < 1.29 is 19.1 Å². The predicted octanol–water partition coefficient (Wildman–Crippen LogP) is 9.91. The Balaban J connectivity index is 1.24. The van der Waals surface area contributed by atoms with Crippen LogP contribution in [0.2, 0.25) is 0 Å². The van der Waals surface area contributed by atoms with E-state index in [2.05, 4.69) is 39.8 Å². The molecule has 0 saturated heterocycles. The lowest BCUT2D eigenvalue weighted by atomic mass is 9.43. The largest absolute Gasteiger partial charge is 0.491 e. The third-order valence-electron chi connectivity index (χ3n) is 12.7.